The number of ether oxygens (including phenoxy) is 1. The first-order valence-electron chi connectivity index (χ1n) is 13.1. The van der Waals surface area contributed by atoms with E-state index in [1.807, 2.05) is 37.5 Å². The summed E-state index contributed by atoms with van der Waals surface area (Å²) in [6.07, 6.45) is 6.14. The monoisotopic (exact) mass is 531 g/mol. The lowest BCUT2D eigenvalue weighted by molar-refractivity contribution is 0.0818. The number of pyridine rings is 2. The SMILES string of the molecule is COC1CCN(c2cc(-c3nc4cc(Nc5cc(C)nc(N6CCN(C)CC6)n5)ncc4s3)ccn2)CC1. The number of nitrogens with one attached hydrogen (secondary N) is 1. The van der Waals surface area contributed by atoms with Gasteiger partial charge in [0.1, 0.15) is 22.5 Å². The van der Waals surface area contributed by atoms with Crippen LogP contribution in [0.3, 0.4) is 0 Å². The fraction of sp³-hybridized carbons (Fsp3) is 0.444. The number of thiazole rings is 1. The highest BCUT2D eigenvalue weighted by Crippen LogP contribution is 2.33. The van der Waals surface area contributed by atoms with Crippen molar-refractivity contribution in [1.29, 1.82) is 0 Å². The predicted octanol–water partition coefficient (Wildman–Crippen LogP) is 3.96. The van der Waals surface area contributed by atoms with Gasteiger partial charge in [0.2, 0.25) is 5.95 Å². The third kappa shape index (κ3) is 5.40. The molecule has 10 nitrogen and oxygen atoms in total. The number of anilines is 4. The molecule has 11 heteroatoms. The van der Waals surface area contributed by atoms with E-state index in [0.29, 0.717) is 11.9 Å². The molecule has 1 N–H and O–H groups in total. The molecule has 198 valence electrons. The zero-order valence-electron chi connectivity index (χ0n) is 22.1. The highest BCUT2D eigenvalue weighted by Gasteiger charge is 2.21. The molecule has 0 radical (unpaired) electrons. The first kappa shape index (κ1) is 24.9. The zero-order chi connectivity index (χ0) is 26.1. The van der Waals surface area contributed by atoms with E-state index in [2.05, 4.69) is 48.1 Å². The minimum absolute atomic E-state index is 0.346. The van der Waals surface area contributed by atoms with Crippen molar-refractivity contribution >= 4 is 45.0 Å². The molecule has 2 aliphatic rings. The fourth-order valence-electron chi connectivity index (χ4n) is 4.97. The van der Waals surface area contributed by atoms with E-state index in [-0.39, 0.29) is 0 Å². The van der Waals surface area contributed by atoms with Crippen molar-refractivity contribution in [3.05, 3.63) is 42.4 Å². The maximum atomic E-state index is 5.51. The van der Waals surface area contributed by atoms with Crippen LogP contribution in [0.5, 0.6) is 0 Å². The highest BCUT2D eigenvalue weighted by molar-refractivity contribution is 7.21. The molecule has 0 spiro atoms. The Morgan fingerprint density at radius 3 is 2.53 bits per heavy atom. The van der Waals surface area contributed by atoms with E-state index < -0.39 is 0 Å². The average Bonchev–Trinajstić information content (AvgIpc) is 3.37. The number of rotatable bonds is 6. The number of nitrogens with zero attached hydrogens (tertiary/aromatic N) is 8. The molecule has 0 saturated carbocycles. The standard InChI is InChI=1S/C27H33N9OS/c1-18-14-24(33-27(30-18)36-12-10-34(2)11-13-36)32-23-16-21-22(17-29-23)38-26(31-21)19-4-7-28-25(15-19)35-8-5-20(37-3)6-9-35/h4,7,14-17,20H,5-6,8-13H2,1-3H3,(H,29,30,32,33). The van der Waals surface area contributed by atoms with Gasteiger partial charge in [0.05, 0.1) is 16.3 Å². The summed E-state index contributed by atoms with van der Waals surface area (Å²) < 4.78 is 6.56. The number of hydrogen-bond donors (Lipinski definition) is 1. The van der Waals surface area contributed by atoms with Crippen LogP contribution >= 0.6 is 11.3 Å². The van der Waals surface area contributed by atoms with Crippen LogP contribution in [0.25, 0.3) is 20.8 Å². The lowest BCUT2D eigenvalue weighted by Gasteiger charge is -2.32. The van der Waals surface area contributed by atoms with Crippen molar-refractivity contribution in [2.75, 3.05) is 68.5 Å². The van der Waals surface area contributed by atoms with E-state index in [0.717, 1.165) is 96.2 Å². The molecule has 6 heterocycles. The molecule has 0 atom stereocenters. The Morgan fingerprint density at radius 2 is 1.74 bits per heavy atom. The molecule has 38 heavy (non-hydrogen) atoms. The normalized spacial score (nSPS) is 17.3. The van der Waals surface area contributed by atoms with Crippen LogP contribution in [0.2, 0.25) is 0 Å². The van der Waals surface area contributed by atoms with Crippen LogP contribution in [0.1, 0.15) is 18.5 Å². The van der Waals surface area contributed by atoms with Gasteiger partial charge in [0, 0.05) is 82.2 Å². The van der Waals surface area contributed by atoms with Crippen molar-refractivity contribution < 1.29 is 4.74 Å². The van der Waals surface area contributed by atoms with Crippen LogP contribution < -0.4 is 15.1 Å². The van der Waals surface area contributed by atoms with Crippen molar-refractivity contribution in [3.8, 4) is 10.6 Å². The molecule has 2 aliphatic heterocycles. The Balaban J connectivity index is 1.20. The molecular formula is C27H33N9OS. The molecule has 4 aromatic rings. The van der Waals surface area contributed by atoms with Gasteiger partial charge in [0.15, 0.2) is 0 Å². The second-order valence-corrected chi connectivity index (χ2v) is 11.0. The Morgan fingerprint density at radius 1 is 0.921 bits per heavy atom. The van der Waals surface area contributed by atoms with Crippen molar-refractivity contribution in [2.24, 2.45) is 0 Å². The molecule has 0 bridgehead atoms. The summed E-state index contributed by atoms with van der Waals surface area (Å²) in [6, 6.07) is 8.10. The molecule has 0 amide bonds. The first-order valence-corrected chi connectivity index (χ1v) is 13.9. The maximum Gasteiger partial charge on any atom is 0.227 e. The fourth-order valence-corrected chi connectivity index (χ4v) is 5.88. The molecule has 0 unspecified atom stereocenters. The summed E-state index contributed by atoms with van der Waals surface area (Å²) >= 11 is 1.64. The van der Waals surface area contributed by atoms with Crippen LogP contribution in [-0.2, 0) is 4.74 Å². The number of piperidine rings is 1. The van der Waals surface area contributed by atoms with E-state index in [4.69, 9.17) is 14.7 Å². The summed E-state index contributed by atoms with van der Waals surface area (Å²) in [7, 11) is 3.94. The second kappa shape index (κ2) is 10.8. The number of aryl methyl sites for hydroxylation is 1. The van der Waals surface area contributed by atoms with Crippen molar-refractivity contribution in [2.45, 2.75) is 25.9 Å². The molecular weight excluding hydrogens is 498 g/mol. The lowest BCUT2D eigenvalue weighted by Crippen LogP contribution is -2.45. The number of likely N-dealkylation sites (N-methyl/N-ethyl adjacent to an activating group) is 1. The summed E-state index contributed by atoms with van der Waals surface area (Å²) in [4.78, 5) is 30.6. The first-order chi connectivity index (χ1) is 18.5. The summed E-state index contributed by atoms with van der Waals surface area (Å²) in [6.45, 7) is 7.77. The molecule has 0 aromatic carbocycles. The quantitative estimate of drug-likeness (QED) is 0.394. The van der Waals surface area contributed by atoms with Gasteiger partial charge in [-0.25, -0.2) is 19.9 Å². The van der Waals surface area contributed by atoms with Gasteiger partial charge in [-0.05, 0) is 38.9 Å². The van der Waals surface area contributed by atoms with E-state index in [9.17, 15) is 0 Å². The van der Waals surface area contributed by atoms with Crippen LogP contribution in [0, 0.1) is 6.92 Å². The largest absolute Gasteiger partial charge is 0.381 e. The Bertz CT molecular complexity index is 1410. The van der Waals surface area contributed by atoms with Gasteiger partial charge in [-0.2, -0.15) is 4.98 Å². The topological polar surface area (TPSA) is 95.4 Å². The van der Waals surface area contributed by atoms with Gasteiger partial charge >= 0.3 is 0 Å². The van der Waals surface area contributed by atoms with Gasteiger partial charge in [-0.3, -0.25) is 0 Å². The van der Waals surface area contributed by atoms with Crippen molar-refractivity contribution in [1.82, 2.24) is 29.8 Å². The molecule has 6 rings (SSSR count). The lowest BCUT2D eigenvalue weighted by atomic mass is 10.1. The minimum atomic E-state index is 0.346. The van der Waals surface area contributed by atoms with E-state index in [1.54, 1.807) is 18.4 Å². The average molecular weight is 532 g/mol. The molecule has 2 saturated heterocycles. The Labute approximate surface area is 226 Å². The highest BCUT2D eigenvalue weighted by atomic mass is 32.1. The number of piperazine rings is 1. The Kier molecular flexibility index (Phi) is 7.05. The van der Waals surface area contributed by atoms with Gasteiger partial charge in [0.25, 0.3) is 0 Å². The van der Waals surface area contributed by atoms with Crippen LogP contribution in [-0.4, -0.2) is 89.3 Å². The summed E-state index contributed by atoms with van der Waals surface area (Å²) in [5.74, 6) is 3.21. The minimum Gasteiger partial charge on any atom is -0.381 e. The van der Waals surface area contributed by atoms with Crippen LogP contribution in [0.15, 0.2) is 36.7 Å². The zero-order valence-corrected chi connectivity index (χ0v) is 22.9. The summed E-state index contributed by atoms with van der Waals surface area (Å²) in [5.41, 5.74) is 2.91. The second-order valence-electron chi connectivity index (χ2n) is 9.99. The third-order valence-electron chi connectivity index (χ3n) is 7.25. The maximum absolute atomic E-state index is 5.51. The molecule has 0 aliphatic carbocycles. The summed E-state index contributed by atoms with van der Waals surface area (Å²) in [5, 5.41) is 4.34. The van der Waals surface area contributed by atoms with E-state index in [1.165, 1.54) is 0 Å². The van der Waals surface area contributed by atoms with Crippen LogP contribution in [0.4, 0.5) is 23.4 Å². The molecule has 4 aromatic heterocycles. The third-order valence-corrected chi connectivity index (χ3v) is 8.31. The van der Waals surface area contributed by atoms with Gasteiger partial charge in [-0.15, -0.1) is 11.3 Å². The Hall–Kier alpha value is -3.41. The van der Waals surface area contributed by atoms with E-state index >= 15 is 0 Å². The predicted molar refractivity (Wildman–Crippen MR) is 153 cm³/mol. The number of hydrogen-bond acceptors (Lipinski definition) is 11. The van der Waals surface area contributed by atoms with Gasteiger partial charge < -0.3 is 24.8 Å². The number of methoxy groups -OCH3 is 1. The smallest absolute Gasteiger partial charge is 0.227 e. The number of aromatic nitrogens is 5. The van der Waals surface area contributed by atoms with Gasteiger partial charge in [-0.1, -0.05) is 0 Å². The molecule has 2 fully saturated rings. The number of fused-ring (bicyclic) bond motifs is 1. The van der Waals surface area contributed by atoms with Crippen molar-refractivity contribution in [3.63, 3.8) is 0 Å².